The van der Waals surface area contributed by atoms with Gasteiger partial charge in [-0.2, -0.15) is 0 Å². The highest BCUT2D eigenvalue weighted by Gasteiger charge is 2.18. The van der Waals surface area contributed by atoms with Crippen molar-refractivity contribution in [2.24, 2.45) is 4.99 Å². The van der Waals surface area contributed by atoms with Crippen LogP contribution in [0.3, 0.4) is 0 Å². The molecule has 2 rings (SSSR count). The van der Waals surface area contributed by atoms with E-state index in [9.17, 15) is 4.79 Å². The summed E-state index contributed by atoms with van der Waals surface area (Å²) in [6, 6.07) is 9.65. The number of carbonyl (C=O) groups is 1. The van der Waals surface area contributed by atoms with E-state index in [1.54, 1.807) is 12.0 Å². The van der Waals surface area contributed by atoms with Crippen molar-refractivity contribution in [3.63, 3.8) is 0 Å². The lowest BCUT2D eigenvalue weighted by molar-refractivity contribution is 0.0986. The van der Waals surface area contributed by atoms with Crippen LogP contribution in [0.1, 0.15) is 12.0 Å². The minimum atomic E-state index is -0.295. The van der Waals surface area contributed by atoms with Gasteiger partial charge >= 0.3 is 6.09 Å². The van der Waals surface area contributed by atoms with Crippen LogP contribution in [0.2, 0.25) is 0 Å². The highest BCUT2D eigenvalue weighted by atomic mass is 16.6. The second-order valence-corrected chi connectivity index (χ2v) is 4.26. The molecule has 0 saturated heterocycles. The number of methoxy groups -OCH3 is 1. The lowest BCUT2D eigenvalue weighted by atomic mass is 10.2. The number of nitrogens with zero attached hydrogens (tertiary/aromatic N) is 2. The average molecular weight is 262 g/mol. The summed E-state index contributed by atoms with van der Waals surface area (Å²) in [5, 5.41) is 0. The number of rotatable bonds is 2. The van der Waals surface area contributed by atoms with Crippen LogP contribution in [0, 0.1) is 0 Å². The Hall–Kier alpha value is -2.04. The first-order chi connectivity index (χ1) is 9.29. The first-order valence-corrected chi connectivity index (χ1v) is 6.32. The van der Waals surface area contributed by atoms with Gasteiger partial charge in [0.25, 0.3) is 0 Å². The van der Waals surface area contributed by atoms with E-state index in [1.807, 2.05) is 30.3 Å². The topological polar surface area (TPSA) is 51.1 Å². The molecule has 0 atom stereocenters. The fourth-order valence-corrected chi connectivity index (χ4v) is 1.88. The van der Waals surface area contributed by atoms with Crippen LogP contribution in [0.25, 0.3) is 0 Å². The normalized spacial score (nSPS) is 15.4. The molecule has 0 N–H and O–H groups in total. The maximum Gasteiger partial charge on any atom is 0.410 e. The molecule has 0 radical (unpaired) electrons. The zero-order valence-corrected chi connectivity index (χ0v) is 11.0. The van der Waals surface area contributed by atoms with Gasteiger partial charge in [-0.1, -0.05) is 30.3 Å². The smallest absolute Gasteiger partial charge is 0.410 e. The number of hydrogen-bond acceptors (Lipinski definition) is 4. The molecule has 102 valence electrons. The zero-order chi connectivity index (χ0) is 13.5. The van der Waals surface area contributed by atoms with Crippen LogP contribution in [0.5, 0.6) is 0 Å². The molecular formula is C14H18N2O3. The molecule has 5 heteroatoms. The summed E-state index contributed by atoms with van der Waals surface area (Å²) in [6.45, 7) is 2.01. The van der Waals surface area contributed by atoms with Crippen molar-refractivity contribution in [3.8, 4) is 0 Å². The molecule has 0 aromatic heterocycles. The van der Waals surface area contributed by atoms with Gasteiger partial charge in [-0.3, -0.25) is 4.99 Å². The Morgan fingerprint density at radius 1 is 1.32 bits per heavy atom. The van der Waals surface area contributed by atoms with Crippen LogP contribution >= 0.6 is 0 Å². The van der Waals surface area contributed by atoms with E-state index in [2.05, 4.69) is 4.99 Å². The molecule has 0 fully saturated rings. The second-order valence-electron chi connectivity index (χ2n) is 4.26. The van der Waals surface area contributed by atoms with Crippen LogP contribution in [0.4, 0.5) is 4.79 Å². The first kappa shape index (κ1) is 13.4. The summed E-state index contributed by atoms with van der Waals surface area (Å²) in [6.07, 6.45) is 0.341. The van der Waals surface area contributed by atoms with Crippen LogP contribution in [0.15, 0.2) is 35.3 Å². The molecule has 1 heterocycles. The molecule has 1 amide bonds. The molecule has 1 aromatic carbocycles. The van der Waals surface area contributed by atoms with Gasteiger partial charge in [-0.15, -0.1) is 0 Å². The van der Waals surface area contributed by atoms with Crippen LogP contribution in [-0.4, -0.2) is 43.6 Å². The Balaban J connectivity index is 1.81. The maximum absolute atomic E-state index is 11.9. The van der Waals surface area contributed by atoms with E-state index in [0.717, 1.165) is 5.56 Å². The number of amides is 1. The predicted molar refractivity (Wildman–Crippen MR) is 72.1 cm³/mol. The molecule has 0 unspecified atom stereocenters. The molecule has 0 aliphatic carbocycles. The molecule has 0 spiro atoms. The second kappa shape index (κ2) is 6.78. The SMILES string of the molecule is COC1=NCCN(C(=O)OCc2ccccc2)CC1. The van der Waals surface area contributed by atoms with Crippen molar-refractivity contribution in [3.05, 3.63) is 35.9 Å². The van der Waals surface area contributed by atoms with Gasteiger partial charge in [0.15, 0.2) is 5.90 Å². The Labute approximate surface area is 112 Å². The summed E-state index contributed by atoms with van der Waals surface area (Å²) in [5.74, 6) is 0.693. The van der Waals surface area contributed by atoms with Gasteiger partial charge in [0, 0.05) is 19.5 Å². The molecular weight excluding hydrogens is 244 g/mol. The summed E-state index contributed by atoms with van der Waals surface area (Å²) in [7, 11) is 1.60. The Morgan fingerprint density at radius 2 is 2.11 bits per heavy atom. The minimum Gasteiger partial charge on any atom is -0.484 e. The highest BCUT2D eigenvalue weighted by Crippen LogP contribution is 2.06. The van der Waals surface area contributed by atoms with Crippen molar-refractivity contribution in [2.75, 3.05) is 26.7 Å². The Bertz CT molecular complexity index is 445. The first-order valence-electron chi connectivity index (χ1n) is 6.32. The minimum absolute atomic E-state index is 0.295. The third-order valence-corrected chi connectivity index (χ3v) is 2.95. The van der Waals surface area contributed by atoms with E-state index in [1.165, 1.54) is 0 Å². The lowest BCUT2D eigenvalue weighted by Crippen LogP contribution is -2.34. The van der Waals surface area contributed by atoms with Crippen molar-refractivity contribution in [1.82, 2.24) is 4.90 Å². The Morgan fingerprint density at radius 3 is 2.84 bits per heavy atom. The number of carbonyl (C=O) groups excluding carboxylic acids is 1. The highest BCUT2D eigenvalue weighted by molar-refractivity contribution is 5.77. The summed E-state index contributed by atoms with van der Waals surface area (Å²) in [5.41, 5.74) is 0.986. The quantitative estimate of drug-likeness (QED) is 0.820. The number of hydrogen-bond donors (Lipinski definition) is 0. The van der Waals surface area contributed by atoms with E-state index in [-0.39, 0.29) is 6.09 Å². The fourth-order valence-electron chi connectivity index (χ4n) is 1.88. The van der Waals surface area contributed by atoms with E-state index < -0.39 is 0 Å². The fraction of sp³-hybridized carbons (Fsp3) is 0.429. The van der Waals surface area contributed by atoms with Gasteiger partial charge < -0.3 is 14.4 Å². The number of aliphatic imine (C=N–C) groups is 1. The summed E-state index contributed by atoms with van der Waals surface area (Å²) >= 11 is 0. The molecule has 0 bridgehead atoms. The van der Waals surface area contributed by atoms with E-state index >= 15 is 0 Å². The van der Waals surface area contributed by atoms with Crippen LogP contribution in [-0.2, 0) is 16.1 Å². The average Bonchev–Trinajstić information content (AvgIpc) is 2.71. The van der Waals surface area contributed by atoms with Crippen molar-refractivity contribution >= 4 is 12.0 Å². The Kier molecular flexibility index (Phi) is 4.78. The molecule has 19 heavy (non-hydrogen) atoms. The van der Waals surface area contributed by atoms with E-state index in [4.69, 9.17) is 9.47 Å². The third kappa shape index (κ3) is 3.98. The van der Waals surface area contributed by atoms with Gasteiger partial charge in [-0.25, -0.2) is 4.79 Å². The van der Waals surface area contributed by atoms with Gasteiger partial charge in [0.05, 0.1) is 13.7 Å². The largest absolute Gasteiger partial charge is 0.484 e. The monoisotopic (exact) mass is 262 g/mol. The molecule has 5 nitrogen and oxygen atoms in total. The van der Waals surface area contributed by atoms with Crippen molar-refractivity contribution in [2.45, 2.75) is 13.0 Å². The molecule has 0 saturated carbocycles. The van der Waals surface area contributed by atoms with Crippen molar-refractivity contribution in [1.29, 1.82) is 0 Å². The zero-order valence-electron chi connectivity index (χ0n) is 11.0. The van der Waals surface area contributed by atoms with Crippen molar-refractivity contribution < 1.29 is 14.3 Å². The number of benzene rings is 1. The van der Waals surface area contributed by atoms with Crippen LogP contribution < -0.4 is 0 Å². The van der Waals surface area contributed by atoms with Gasteiger partial charge in [-0.05, 0) is 5.56 Å². The van der Waals surface area contributed by atoms with Gasteiger partial charge in [0.2, 0.25) is 0 Å². The summed E-state index contributed by atoms with van der Waals surface area (Å²) in [4.78, 5) is 17.8. The molecule has 1 aromatic rings. The predicted octanol–water partition coefficient (Wildman–Crippen LogP) is 2.07. The third-order valence-electron chi connectivity index (χ3n) is 2.95. The van der Waals surface area contributed by atoms with E-state index in [0.29, 0.717) is 38.6 Å². The lowest BCUT2D eigenvalue weighted by Gasteiger charge is -2.19. The standard InChI is InChI=1S/C14H18N2O3/c1-18-13-7-9-16(10-8-15-13)14(17)19-11-12-5-3-2-4-6-12/h2-6H,7-11H2,1H3. The van der Waals surface area contributed by atoms with Gasteiger partial charge in [0.1, 0.15) is 6.61 Å². The number of ether oxygens (including phenoxy) is 2. The maximum atomic E-state index is 11.9. The molecule has 1 aliphatic heterocycles. The molecule has 1 aliphatic rings. The summed E-state index contributed by atoms with van der Waals surface area (Å²) < 4.78 is 10.4.